The van der Waals surface area contributed by atoms with E-state index in [1.807, 2.05) is 24.3 Å². The summed E-state index contributed by atoms with van der Waals surface area (Å²) in [6, 6.07) is 14.7. The van der Waals surface area contributed by atoms with Crippen LogP contribution in [0, 0.1) is 0 Å². The molecule has 2 atom stereocenters. The van der Waals surface area contributed by atoms with Gasteiger partial charge in [0.05, 0.1) is 0 Å². The van der Waals surface area contributed by atoms with Crippen LogP contribution in [0.5, 0.6) is 11.5 Å². The smallest absolute Gasteiger partial charge is 0.330 e. The van der Waals surface area contributed by atoms with Crippen LogP contribution in [-0.4, -0.2) is 62.5 Å². The first-order chi connectivity index (χ1) is 19.8. The lowest BCUT2D eigenvalue weighted by Crippen LogP contribution is -2.30. The topological polar surface area (TPSA) is 124 Å². The summed E-state index contributed by atoms with van der Waals surface area (Å²) in [5, 5.41) is 0. The molecular formula is C31H32O10. The Balaban J connectivity index is 1.89. The molecule has 0 bridgehead atoms. The number of ether oxygens (including phenoxy) is 6. The van der Waals surface area contributed by atoms with Crippen LogP contribution >= 0.6 is 0 Å². The van der Waals surface area contributed by atoms with Crippen molar-refractivity contribution in [3.63, 3.8) is 0 Å². The molecule has 0 heterocycles. The van der Waals surface area contributed by atoms with E-state index in [4.69, 9.17) is 28.4 Å². The van der Waals surface area contributed by atoms with E-state index < -0.39 is 36.1 Å². The van der Waals surface area contributed by atoms with Gasteiger partial charge >= 0.3 is 23.9 Å². The fraction of sp³-hybridized carbons (Fsp3) is 0.226. The second-order valence-corrected chi connectivity index (χ2v) is 8.28. The highest BCUT2D eigenvalue weighted by Crippen LogP contribution is 2.19. The number of rotatable bonds is 18. The molecule has 0 aliphatic carbocycles. The molecule has 0 amide bonds. The van der Waals surface area contributed by atoms with Crippen LogP contribution < -0.4 is 9.47 Å². The minimum atomic E-state index is -0.823. The second-order valence-electron chi connectivity index (χ2n) is 8.28. The highest BCUT2D eigenvalue weighted by molar-refractivity contribution is 5.82. The highest BCUT2D eigenvalue weighted by atomic mass is 16.6. The van der Waals surface area contributed by atoms with Gasteiger partial charge in [-0.15, -0.1) is 0 Å². The molecule has 0 radical (unpaired) electrons. The zero-order chi connectivity index (χ0) is 30.0. The maximum atomic E-state index is 11.6. The molecule has 0 aliphatic heterocycles. The van der Waals surface area contributed by atoms with Gasteiger partial charge in [-0.2, -0.15) is 0 Å². The lowest BCUT2D eigenvalue weighted by atomic mass is 10.0. The van der Waals surface area contributed by atoms with E-state index in [-0.39, 0.29) is 26.4 Å². The fourth-order valence-electron chi connectivity index (χ4n) is 3.15. The fourth-order valence-corrected chi connectivity index (χ4v) is 3.15. The number of carbonyl (C=O) groups is 4. The molecule has 2 unspecified atom stereocenters. The van der Waals surface area contributed by atoms with E-state index >= 15 is 0 Å². The van der Waals surface area contributed by atoms with Gasteiger partial charge in [0.15, 0.2) is 12.2 Å². The summed E-state index contributed by atoms with van der Waals surface area (Å²) in [5.74, 6) is -1.53. The van der Waals surface area contributed by atoms with E-state index in [1.165, 1.54) is 0 Å². The van der Waals surface area contributed by atoms with Gasteiger partial charge < -0.3 is 28.4 Å². The summed E-state index contributed by atoms with van der Waals surface area (Å²) in [7, 11) is 0. The lowest BCUT2D eigenvalue weighted by molar-refractivity contribution is -0.154. The molecule has 0 saturated carbocycles. The second kappa shape index (κ2) is 17.5. The van der Waals surface area contributed by atoms with E-state index in [2.05, 4.69) is 26.3 Å². The van der Waals surface area contributed by atoms with Crippen LogP contribution in [-0.2, 0) is 44.5 Å². The Morgan fingerprint density at radius 2 is 0.878 bits per heavy atom. The molecule has 0 N–H and O–H groups in total. The van der Waals surface area contributed by atoms with Gasteiger partial charge in [0, 0.05) is 24.3 Å². The van der Waals surface area contributed by atoms with Gasteiger partial charge in [-0.1, -0.05) is 50.6 Å². The third-order valence-corrected chi connectivity index (χ3v) is 5.18. The summed E-state index contributed by atoms with van der Waals surface area (Å²) >= 11 is 0. The van der Waals surface area contributed by atoms with Gasteiger partial charge in [-0.3, -0.25) is 0 Å². The predicted molar refractivity (Wildman–Crippen MR) is 149 cm³/mol. The highest BCUT2D eigenvalue weighted by Gasteiger charge is 2.17. The Kier molecular flexibility index (Phi) is 13.7. The number of hydrogen-bond donors (Lipinski definition) is 0. The average molecular weight is 565 g/mol. The maximum Gasteiger partial charge on any atom is 0.330 e. The first-order valence-electron chi connectivity index (χ1n) is 12.4. The average Bonchev–Trinajstić information content (AvgIpc) is 3.00. The minimum absolute atomic E-state index is 0.0326. The third-order valence-electron chi connectivity index (χ3n) is 5.18. The van der Waals surface area contributed by atoms with Crippen molar-refractivity contribution in [2.45, 2.75) is 18.6 Å². The van der Waals surface area contributed by atoms with Gasteiger partial charge in [-0.05, 0) is 41.8 Å². The molecule has 0 fully saturated rings. The van der Waals surface area contributed by atoms with Crippen molar-refractivity contribution in [3.05, 3.63) is 110 Å². The predicted octanol–water partition coefficient (Wildman–Crippen LogP) is 3.69. The largest absolute Gasteiger partial charge is 0.490 e. The number of carbonyl (C=O) groups excluding carboxylic acids is 4. The first-order valence-corrected chi connectivity index (χ1v) is 12.4. The summed E-state index contributed by atoms with van der Waals surface area (Å²) in [5.41, 5.74) is 2.03. The van der Waals surface area contributed by atoms with Crippen LogP contribution in [0.1, 0.15) is 11.1 Å². The van der Waals surface area contributed by atoms with Gasteiger partial charge in [-0.25, -0.2) is 19.2 Å². The summed E-state index contributed by atoms with van der Waals surface area (Å²) in [4.78, 5) is 45.8. The van der Waals surface area contributed by atoms with Crippen LogP contribution in [0.4, 0.5) is 0 Å². The van der Waals surface area contributed by atoms with E-state index in [0.717, 1.165) is 35.4 Å². The SMILES string of the molecule is C=CC(=O)OCC(COc1ccc(Cc2ccc(OCC(COC(=O)C=C)OC(=O)C=C)cc2)cc1)OC(=O)C=C. The Bertz CT molecular complexity index is 1120. The quantitative estimate of drug-likeness (QED) is 0.150. The molecule has 41 heavy (non-hydrogen) atoms. The molecule has 10 nitrogen and oxygen atoms in total. The van der Waals surface area contributed by atoms with Crippen molar-refractivity contribution in [1.82, 2.24) is 0 Å². The summed E-state index contributed by atoms with van der Waals surface area (Å²) in [6.07, 6.45) is 3.03. The van der Waals surface area contributed by atoms with E-state index in [0.29, 0.717) is 17.9 Å². The molecule has 216 valence electrons. The van der Waals surface area contributed by atoms with Crippen molar-refractivity contribution in [1.29, 1.82) is 0 Å². The Hall–Kier alpha value is -5.12. The number of hydrogen-bond acceptors (Lipinski definition) is 10. The van der Waals surface area contributed by atoms with E-state index in [9.17, 15) is 19.2 Å². The van der Waals surface area contributed by atoms with Gasteiger partial charge in [0.25, 0.3) is 0 Å². The number of benzene rings is 2. The van der Waals surface area contributed by atoms with Crippen LogP contribution in [0.3, 0.4) is 0 Å². The molecule has 0 aromatic heterocycles. The first kappa shape index (κ1) is 32.1. The zero-order valence-electron chi connectivity index (χ0n) is 22.5. The molecule has 2 aromatic rings. The third kappa shape index (κ3) is 12.5. The van der Waals surface area contributed by atoms with Crippen molar-refractivity contribution < 1.29 is 47.6 Å². The van der Waals surface area contributed by atoms with Crippen molar-refractivity contribution >= 4 is 23.9 Å². The van der Waals surface area contributed by atoms with E-state index in [1.54, 1.807) is 24.3 Å². The molecule has 0 saturated heterocycles. The maximum absolute atomic E-state index is 11.6. The van der Waals surface area contributed by atoms with Gasteiger partial charge in [0.1, 0.15) is 37.9 Å². The molecular weight excluding hydrogens is 532 g/mol. The van der Waals surface area contributed by atoms with Crippen molar-refractivity contribution in [2.24, 2.45) is 0 Å². The molecule has 2 aromatic carbocycles. The van der Waals surface area contributed by atoms with Crippen molar-refractivity contribution in [3.8, 4) is 11.5 Å². The Labute approximate surface area is 238 Å². The monoisotopic (exact) mass is 564 g/mol. The van der Waals surface area contributed by atoms with Crippen LogP contribution in [0.2, 0.25) is 0 Å². The summed E-state index contributed by atoms with van der Waals surface area (Å²) in [6.45, 7) is 12.9. The molecule has 2 rings (SSSR count). The Morgan fingerprint density at radius 3 is 1.20 bits per heavy atom. The minimum Gasteiger partial charge on any atom is -0.490 e. The molecule has 0 spiro atoms. The summed E-state index contributed by atoms with van der Waals surface area (Å²) < 4.78 is 31.6. The normalized spacial score (nSPS) is 11.5. The van der Waals surface area contributed by atoms with Crippen LogP contribution in [0.25, 0.3) is 0 Å². The standard InChI is InChI=1S/C31H32O10/c1-5-28(32)38-20-26(40-30(34)7-3)18-36-24-13-9-22(10-14-24)17-23-11-15-25(16-12-23)37-19-27(41-31(35)8-4)21-39-29(33)6-2/h5-16,26-27H,1-4,17-21H2. The number of esters is 4. The van der Waals surface area contributed by atoms with Crippen LogP contribution in [0.15, 0.2) is 99.2 Å². The molecule has 0 aliphatic rings. The Morgan fingerprint density at radius 1 is 0.537 bits per heavy atom. The van der Waals surface area contributed by atoms with Gasteiger partial charge in [0.2, 0.25) is 0 Å². The molecule has 10 heteroatoms. The van der Waals surface area contributed by atoms with Crippen molar-refractivity contribution in [2.75, 3.05) is 26.4 Å². The lowest BCUT2D eigenvalue weighted by Gasteiger charge is -2.18. The zero-order valence-corrected chi connectivity index (χ0v) is 22.5.